The first kappa shape index (κ1) is 19.7. The highest BCUT2D eigenvalue weighted by molar-refractivity contribution is 14.1. The molecular formula is C23H22FIN4O. The maximum atomic E-state index is 13.6. The Morgan fingerprint density at radius 3 is 2.67 bits per heavy atom. The van der Waals surface area contributed by atoms with Crippen molar-refractivity contribution < 1.29 is 9.18 Å². The van der Waals surface area contributed by atoms with Crippen molar-refractivity contribution in [2.24, 2.45) is 4.99 Å². The van der Waals surface area contributed by atoms with Crippen LogP contribution in [0.2, 0.25) is 0 Å². The van der Waals surface area contributed by atoms with E-state index >= 15 is 0 Å². The lowest BCUT2D eigenvalue weighted by molar-refractivity contribution is -0.125. The Hall–Kier alpha value is -2.26. The van der Waals surface area contributed by atoms with Gasteiger partial charge in [-0.3, -0.25) is 19.6 Å². The minimum Gasteiger partial charge on any atom is -0.314 e. The molecule has 3 heterocycles. The fourth-order valence-electron chi connectivity index (χ4n) is 4.42. The first-order chi connectivity index (χ1) is 14.6. The smallest absolute Gasteiger partial charge is 0.259 e. The number of aliphatic imine (C=N–C) groups is 1. The molecule has 5 nitrogen and oxygen atoms in total. The Morgan fingerprint density at radius 2 is 1.87 bits per heavy atom. The lowest BCUT2D eigenvalue weighted by Gasteiger charge is -2.42. The van der Waals surface area contributed by atoms with Crippen molar-refractivity contribution in [1.29, 1.82) is 0 Å². The van der Waals surface area contributed by atoms with Crippen LogP contribution in [0.5, 0.6) is 0 Å². The highest BCUT2D eigenvalue weighted by Crippen LogP contribution is 2.32. The molecule has 0 bridgehead atoms. The SMILES string of the molecule is O=C1C2=C(CCN(Cc3cccc(F)c3)C2)N2CCN=C2N1Cc1ccc(I)cc1. The first-order valence-corrected chi connectivity index (χ1v) is 11.2. The summed E-state index contributed by atoms with van der Waals surface area (Å²) in [5.74, 6) is 0.611. The molecule has 2 aromatic rings. The predicted octanol–water partition coefficient (Wildman–Crippen LogP) is 3.60. The number of amides is 1. The van der Waals surface area contributed by atoms with Crippen molar-refractivity contribution in [2.45, 2.75) is 19.5 Å². The Bertz CT molecular complexity index is 1050. The van der Waals surface area contributed by atoms with Crippen molar-refractivity contribution in [2.75, 3.05) is 26.2 Å². The highest BCUT2D eigenvalue weighted by atomic mass is 127. The normalized spacial score (nSPS) is 19.1. The molecule has 0 radical (unpaired) electrons. The molecule has 5 rings (SSSR count). The van der Waals surface area contributed by atoms with E-state index < -0.39 is 0 Å². The van der Waals surface area contributed by atoms with E-state index in [-0.39, 0.29) is 11.7 Å². The second kappa shape index (κ2) is 8.11. The number of halogens is 2. The van der Waals surface area contributed by atoms with Crippen LogP contribution in [0, 0.1) is 9.39 Å². The number of hydrogen-bond acceptors (Lipinski definition) is 4. The third-order valence-corrected chi connectivity index (χ3v) is 6.55. The zero-order valence-electron chi connectivity index (χ0n) is 16.5. The fraction of sp³-hybridized carbons (Fsp3) is 0.304. The molecule has 0 saturated carbocycles. The molecule has 0 spiro atoms. The van der Waals surface area contributed by atoms with Crippen LogP contribution in [-0.4, -0.2) is 52.7 Å². The molecule has 3 aliphatic heterocycles. The van der Waals surface area contributed by atoms with Gasteiger partial charge in [-0.15, -0.1) is 0 Å². The van der Waals surface area contributed by atoms with Gasteiger partial charge in [0.1, 0.15) is 5.82 Å². The van der Waals surface area contributed by atoms with Gasteiger partial charge in [0.15, 0.2) is 0 Å². The molecule has 154 valence electrons. The van der Waals surface area contributed by atoms with Gasteiger partial charge in [-0.2, -0.15) is 0 Å². The Kier molecular flexibility index (Phi) is 5.32. The summed E-state index contributed by atoms with van der Waals surface area (Å²) in [7, 11) is 0. The molecule has 0 atom stereocenters. The number of fused-ring (bicyclic) bond motifs is 2. The molecule has 30 heavy (non-hydrogen) atoms. The zero-order chi connectivity index (χ0) is 20.7. The van der Waals surface area contributed by atoms with Crippen LogP contribution in [-0.2, 0) is 17.9 Å². The van der Waals surface area contributed by atoms with E-state index in [0.29, 0.717) is 19.6 Å². The van der Waals surface area contributed by atoms with E-state index in [2.05, 4.69) is 61.6 Å². The number of carbonyl (C=O) groups excluding carboxylic acids is 1. The number of carbonyl (C=O) groups is 1. The molecule has 2 aromatic carbocycles. The van der Waals surface area contributed by atoms with Gasteiger partial charge >= 0.3 is 0 Å². The first-order valence-electron chi connectivity index (χ1n) is 10.2. The van der Waals surface area contributed by atoms with Crippen molar-refractivity contribution in [3.63, 3.8) is 0 Å². The van der Waals surface area contributed by atoms with Crippen molar-refractivity contribution >= 4 is 34.5 Å². The van der Waals surface area contributed by atoms with E-state index in [1.165, 1.54) is 9.64 Å². The van der Waals surface area contributed by atoms with Gasteiger partial charge in [0.2, 0.25) is 5.96 Å². The van der Waals surface area contributed by atoms with Gasteiger partial charge < -0.3 is 4.90 Å². The summed E-state index contributed by atoms with van der Waals surface area (Å²) in [5.41, 5.74) is 3.99. The zero-order valence-corrected chi connectivity index (χ0v) is 18.7. The number of rotatable bonds is 4. The van der Waals surface area contributed by atoms with Gasteiger partial charge in [-0.25, -0.2) is 4.39 Å². The van der Waals surface area contributed by atoms with Crippen LogP contribution >= 0.6 is 22.6 Å². The third kappa shape index (κ3) is 3.76. The van der Waals surface area contributed by atoms with Crippen molar-refractivity contribution in [3.8, 4) is 0 Å². The number of guanidine groups is 1. The molecule has 7 heteroatoms. The molecule has 0 saturated heterocycles. The largest absolute Gasteiger partial charge is 0.314 e. The molecule has 1 amide bonds. The predicted molar refractivity (Wildman–Crippen MR) is 122 cm³/mol. The Morgan fingerprint density at radius 1 is 1.03 bits per heavy atom. The van der Waals surface area contributed by atoms with E-state index in [1.807, 2.05) is 11.0 Å². The monoisotopic (exact) mass is 516 g/mol. The second-order valence-electron chi connectivity index (χ2n) is 7.87. The fourth-order valence-corrected chi connectivity index (χ4v) is 4.78. The minimum absolute atomic E-state index is 0.0457. The lowest BCUT2D eigenvalue weighted by atomic mass is 10.00. The van der Waals surface area contributed by atoms with E-state index in [1.54, 1.807) is 12.1 Å². The van der Waals surface area contributed by atoms with Crippen molar-refractivity contribution in [3.05, 3.63) is 80.3 Å². The molecular weight excluding hydrogens is 494 g/mol. The third-order valence-electron chi connectivity index (χ3n) is 5.83. The second-order valence-corrected chi connectivity index (χ2v) is 9.11. The Balaban J connectivity index is 1.39. The molecule has 0 aromatic heterocycles. The minimum atomic E-state index is -0.222. The van der Waals surface area contributed by atoms with E-state index in [4.69, 9.17) is 0 Å². The standard InChI is InChI=1S/C23H22FIN4O/c24-18-3-1-2-17(12-18)13-27-10-8-21-20(15-27)22(30)29(23-26-9-11-28(21)23)14-16-4-6-19(25)7-5-16/h1-7,12H,8-11,13-15H2. The summed E-state index contributed by atoms with van der Waals surface area (Å²) in [6, 6.07) is 15.0. The van der Waals surface area contributed by atoms with Gasteiger partial charge in [-0.1, -0.05) is 24.3 Å². The van der Waals surface area contributed by atoms with Crippen LogP contribution in [0.15, 0.2) is 64.8 Å². The maximum absolute atomic E-state index is 13.6. The van der Waals surface area contributed by atoms with E-state index in [9.17, 15) is 9.18 Å². The maximum Gasteiger partial charge on any atom is 0.259 e. The average Bonchev–Trinajstić information content (AvgIpc) is 3.22. The molecule has 0 unspecified atom stereocenters. The van der Waals surface area contributed by atoms with Gasteiger partial charge in [0.05, 0.1) is 18.7 Å². The van der Waals surface area contributed by atoms with Crippen LogP contribution in [0.3, 0.4) is 0 Å². The van der Waals surface area contributed by atoms with Crippen LogP contribution in [0.1, 0.15) is 17.5 Å². The molecule has 0 N–H and O–H groups in total. The van der Waals surface area contributed by atoms with Gasteiger partial charge in [0.25, 0.3) is 5.91 Å². The van der Waals surface area contributed by atoms with Gasteiger partial charge in [0, 0.05) is 41.9 Å². The number of hydrogen-bond donors (Lipinski definition) is 0. The molecule has 0 aliphatic carbocycles. The highest BCUT2D eigenvalue weighted by Gasteiger charge is 2.40. The molecule has 0 fully saturated rings. The molecule has 3 aliphatic rings. The topological polar surface area (TPSA) is 39.2 Å². The van der Waals surface area contributed by atoms with E-state index in [0.717, 1.165) is 54.4 Å². The summed E-state index contributed by atoms with van der Waals surface area (Å²) < 4.78 is 14.7. The summed E-state index contributed by atoms with van der Waals surface area (Å²) in [6.07, 6.45) is 0.812. The number of benzene rings is 2. The van der Waals surface area contributed by atoms with Gasteiger partial charge in [-0.05, 0) is 58.0 Å². The van der Waals surface area contributed by atoms with Crippen LogP contribution in [0.25, 0.3) is 0 Å². The average molecular weight is 516 g/mol. The van der Waals surface area contributed by atoms with Crippen molar-refractivity contribution in [1.82, 2.24) is 14.7 Å². The summed E-state index contributed by atoms with van der Waals surface area (Å²) in [6.45, 7) is 4.14. The summed E-state index contributed by atoms with van der Waals surface area (Å²) in [5, 5.41) is 0. The lowest BCUT2D eigenvalue weighted by Crippen LogP contribution is -2.53. The summed E-state index contributed by atoms with van der Waals surface area (Å²) >= 11 is 2.28. The van der Waals surface area contributed by atoms with Crippen LogP contribution in [0.4, 0.5) is 4.39 Å². The van der Waals surface area contributed by atoms with Crippen LogP contribution < -0.4 is 0 Å². The number of nitrogens with zero attached hydrogens (tertiary/aromatic N) is 4. The Labute approximate surface area is 189 Å². The summed E-state index contributed by atoms with van der Waals surface area (Å²) in [4.78, 5) is 24.4. The quantitative estimate of drug-likeness (QED) is 0.584.